The fourth-order valence-corrected chi connectivity index (χ4v) is 4.64. The van der Waals surface area contributed by atoms with Gasteiger partial charge in [-0.2, -0.15) is 0 Å². The molecule has 0 N–H and O–H groups in total. The summed E-state index contributed by atoms with van der Waals surface area (Å²) in [7, 11) is 2.03. The predicted molar refractivity (Wildman–Crippen MR) is 114 cm³/mol. The first-order valence-corrected chi connectivity index (χ1v) is 10.4. The zero-order valence-electron chi connectivity index (χ0n) is 15.1. The van der Waals surface area contributed by atoms with Crippen LogP contribution < -0.4 is 4.90 Å². The lowest BCUT2D eigenvalue weighted by molar-refractivity contribution is -0.119. The topological polar surface area (TPSA) is 43.9 Å². The summed E-state index contributed by atoms with van der Waals surface area (Å²) in [5.41, 5.74) is 1.60. The Morgan fingerprint density at radius 1 is 1.11 bits per heavy atom. The number of anilines is 1. The standard InChI is InChI=1S/C20H18BrCl2N3O2/c1-24(10-12-2-4-13(21)5-3-12)17-9-18-19(27)26(20(28)25(18)11-17)16-7-14(22)6-15(23)8-16/h2-8,17-18H,9-11H2,1H3. The first-order valence-electron chi connectivity index (χ1n) is 8.89. The largest absolute Gasteiger partial charge is 0.332 e. The maximum absolute atomic E-state index is 12.9. The number of carbonyl (C=O) groups excluding carboxylic acids is 2. The molecule has 2 fully saturated rings. The molecule has 0 aromatic heterocycles. The minimum absolute atomic E-state index is 0.131. The van der Waals surface area contributed by atoms with E-state index in [4.69, 9.17) is 23.2 Å². The molecule has 0 saturated carbocycles. The quantitative estimate of drug-likeness (QED) is 0.588. The molecular weight excluding hydrogens is 465 g/mol. The Bertz CT molecular complexity index is 893. The zero-order valence-corrected chi connectivity index (χ0v) is 18.2. The molecule has 2 atom stereocenters. The summed E-state index contributed by atoms with van der Waals surface area (Å²) in [6.45, 7) is 1.28. The molecule has 28 heavy (non-hydrogen) atoms. The van der Waals surface area contributed by atoms with Crippen LogP contribution in [0.25, 0.3) is 0 Å². The number of hydrogen-bond donors (Lipinski definition) is 0. The fourth-order valence-electron chi connectivity index (χ4n) is 3.86. The van der Waals surface area contributed by atoms with E-state index in [9.17, 15) is 9.59 Å². The van der Waals surface area contributed by atoms with Gasteiger partial charge in [0.2, 0.25) is 0 Å². The van der Waals surface area contributed by atoms with Crippen molar-refractivity contribution in [3.63, 3.8) is 0 Å². The van der Waals surface area contributed by atoms with Gasteiger partial charge in [0.15, 0.2) is 0 Å². The number of rotatable bonds is 4. The number of benzene rings is 2. The van der Waals surface area contributed by atoms with Gasteiger partial charge in [0.25, 0.3) is 5.91 Å². The molecule has 0 spiro atoms. The van der Waals surface area contributed by atoms with E-state index in [2.05, 4.69) is 33.0 Å². The van der Waals surface area contributed by atoms with Crippen molar-refractivity contribution < 1.29 is 9.59 Å². The molecule has 2 aliphatic rings. The molecule has 4 rings (SSSR count). The van der Waals surface area contributed by atoms with Gasteiger partial charge in [-0.15, -0.1) is 0 Å². The third-order valence-corrected chi connectivity index (χ3v) is 6.26. The summed E-state index contributed by atoms with van der Waals surface area (Å²) in [6.07, 6.45) is 0.613. The van der Waals surface area contributed by atoms with Crippen molar-refractivity contribution in [1.29, 1.82) is 0 Å². The van der Waals surface area contributed by atoms with Crippen molar-refractivity contribution in [2.45, 2.75) is 25.0 Å². The van der Waals surface area contributed by atoms with Crippen LogP contribution >= 0.6 is 39.1 Å². The molecule has 0 bridgehead atoms. The number of amides is 3. The Morgan fingerprint density at radius 2 is 1.75 bits per heavy atom. The zero-order chi connectivity index (χ0) is 20.0. The Labute approximate surface area is 181 Å². The lowest BCUT2D eigenvalue weighted by Crippen LogP contribution is -2.39. The average molecular weight is 483 g/mol. The van der Waals surface area contributed by atoms with Gasteiger partial charge in [-0.3, -0.25) is 9.69 Å². The number of imide groups is 1. The highest BCUT2D eigenvalue weighted by atomic mass is 79.9. The van der Waals surface area contributed by atoms with E-state index in [1.165, 1.54) is 10.5 Å². The Kier molecular flexibility index (Phi) is 5.40. The van der Waals surface area contributed by atoms with Gasteiger partial charge in [0, 0.05) is 33.6 Å². The van der Waals surface area contributed by atoms with Gasteiger partial charge in [0.05, 0.1) is 5.69 Å². The Balaban J connectivity index is 1.48. The van der Waals surface area contributed by atoms with Crippen LogP contribution in [0.3, 0.4) is 0 Å². The van der Waals surface area contributed by atoms with Crippen LogP contribution in [0.2, 0.25) is 10.0 Å². The van der Waals surface area contributed by atoms with E-state index < -0.39 is 6.04 Å². The van der Waals surface area contributed by atoms with Crippen molar-refractivity contribution in [1.82, 2.24) is 9.80 Å². The monoisotopic (exact) mass is 481 g/mol. The Morgan fingerprint density at radius 3 is 2.36 bits per heavy atom. The minimum atomic E-state index is -0.442. The second-order valence-electron chi connectivity index (χ2n) is 7.18. The van der Waals surface area contributed by atoms with Gasteiger partial charge >= 0.3 is 6.03 Å². The first-order chi connectivity index (χ1) is 13.3. The van der Waals surface area contributed by atoms with Crippen LogP contribution in [-0.2, 0) is 11.3 Å². The predicted octanol–water partition coefficient (Wildman–Crippen LogP) is 4.80. The molecule has 0 radical (unpaired) electrons. The number of fused-ring (bicyclic) bond motifs is 1. The van der Waals surface area contributed by atoms with Crippen LogP contribution in [0.5, 0.6) is 0 Å². The highest BCUT2D eigenvalue weighted by molar-refractivity contribution is 9.10. The number of hydrogen-bond acceptors (Lipinski definition) is 3. The number of carbonyl (C=O) groups is 2. The molecule has 3 amide bonds. The van der Waals surface area contributed by atoms with Gasteiger partial charge < -0.3 is 4.90 Å². The number of nitrogens with zero attached hydrogens (tertiary/aromatic N) is 3. The van der Waals surface area contributed by atoms with Crippen molar-refractivity contribution in [3.05, 3.63) is 62.5 Å². The molecular formula is C20H18BrCl2N3O2. The molecule has 2 heterocycles. The summed E-state index contributed by atoms with van der Waals surface area (Å²) >= 11 is 15.5. The number of halogens is 3. The van der Waals surface area contributed by atoms with Gasteiger partial charge in [-0.05, 0) is 49.4 Å². The van der Waals surface area contributed by atoms with E-state index in [0.29, 0.717) is 28.7 Å². The van der Waals surface area contributed by atoms with E-state index in [-0.39, 0.29) is 18.0 Å². The van der Waals surface area contributed by atoms with Gasteiger partial charge in [0.1, 0.15) is 6.04 Å². The fraction of sp³-hybridized carbons (Fsp3) is 0.300. The van der Waals surface area contributed by atoms with E-state index in [0.717, 1.165) is 11.0 Å². The lowest BCUT2D eigenvalue weighted by Gasteiger charge is -2.25. The molecule has 2 aromatic carbocycles. The molecule has 146 valence electrons. The highest BCUT2D eigenvalue weighted by Gasteiger charge is 2.51. The van der Waals surface area contributed by atoms with Crippen molar-refractivity contribution >= 4 is 56.8 Å². The molecule has 0 aliphatic carbocycles. The second-order valence-corrected chi connectivity index (χ2v) is 8.97. The van der Waals surface area contributed by atoms with Crippen LogP contribution in [0, 0.1) is 0 Å². The van der Waals surface area contributed by atoms with Crippen LogP contribution in [-0.4, -0.2) is 47.4 Å². The molecule has 2 aromatic rings. The maximum atomic E-state index is 12.9. The molecule has 2 saturated heterocycles. The summed E-state index contributed by atoms with van der Waals surface area (Å²) in [6, 6.07) is 12.3. The van der Waals surface area contributed by atoms with Crippen LogP contribution in [0.4, 0.5) is 10.5 Å². The second kappa shape index (κ2) is 7.67. The third kappa shape index (κ3) is 3.66. The molecule has 5 nitrogen and oxygen atoms in total. The van der Waals surface area contributed by atoms with Crippen molar-refractivity contribution in [3.8, 4) is 0 Å². The van der Waals surface area contributed by atoms with Gasteiger partial charge in [-0.25, -0.2) is 9.69 Å². The first kappa shape index (κ1) is 19.7. The van der Waals surface area contributed by atoms with E-state index in [1.807, 2.05) is 19.2 Å². The maximum Gasteiger partial charge on any atom is 0.332 e. The lowest BCUT2D eigenvalue weighted by atomic mass is 10.1. The molecule has 8 heteroatoms. The normalized spacial score (nSPS) is 21.8. The van der Waals surface area contributed by atoms with E-state index in [1.54, 1.807) is 23.1 Å². The van der Waals surface area contributed by atoms with Crippen molar-refractivity contribution in [2.75, 3.05) is 18.5 Å². The van der Waals surface area contributed by atoms with Gasteiger partial charge in [-0.1, -0.05) is 51.3 Å². The summed E-state index contributed by atoms with van der Waals surface area (Å²) in [5, 5.41) is 0.782. The molecule has 2 unspecified atom stereocenters. The van der Waals surface area contributed by atoms with Crippen molar-refractivity contribution in [2.24, 2.45) is 0 Å². The van der Waals surface area contributed by atoms with Crippen LogP contribution in [0.1, 0.15) is 12.0 Å². The summed E-state index contributed by atoms with van der Waals surface area (Å²) in [4.78, 5) is 30.9. The smallest absolute Gasteiger partial charge is 0.310 e. The highest BCUT2D eigenvalue weighted by Crippen LogP contribution is 2.35. The number of likely N-dealkylation sites (N-methyl/N-ethyl adjacent to an activating group) is 1. The summed E-state index contributed by atoms with van der Waals surface area (Å²) in [5.74, 6) is -0.220. The SMILES string of the molecule is CN(Cc1ccc(Br)cc1)C1CC2C(=O)N(c3cc(Cl)cc(Cl)c3)C(=O)N2C1. The number of urea groups is 1. The summed E-state index contributed by atoms with van der Waals surface area (Å²) < 4.78 is 1.04. The third-order valence-electron chi connectivity index (χ3n) is 5.30. The van der Waals surface area contributed by atoms with E-state index >= 15 is 0 Å². The van der Waals surface area contributed by atoms with Crippen LogP contribution in [0.15, 0.2) is 46.9 Å². The minimum Gasteiger partial charge on any atom is -0.310 e. The molecule has 2 aliphatic heterocycles. The Hall–Kier alpha value is -1.60. The average Bonchev–Trinajstić information content (AvgIpc) is 3.16.